The van der Waals surface area contributed by atoms with Crippen molar-refractivity contribution in [3.63, 3.8) is 0 Å². The minimum atomic E-state index is -2.66. The van der Waals surface area contributed by atoms with Crippen molar-refractivity contribution in [1.29, 1.82) is 0 Å². The molecule has 0 N–H and O–H groups in total. The fourth-order valence-corrected chi connectivity index (χ4v) is 1.93. The minimum absolute atomic E-state index is 0.125. The van der Waals surface area contributed by atoms with Gasteiger partial charge in [0, 0.05) is 17.8 Å². The lowest BCUT2D eigenvalue weighted by Crippen LogP contribution is -1.94. The van der Waals surface area contributed by atoms with E-state index in [0.717, 1.165) is 0 Å². The molecule has 0 aliphatic heterocycles. The Labute approximate surface area is 97.4 Å². The molecule has 2 rings (SSSR count). The van der Waals surface area contributed by atoms with E-state index in [2.05, 4.69) is 25.9 Å². The predicted octanol–water partition coefficient (Wildman–Crippen LogP) is 3.98. The summed E-state index contributed by atoms with van der Waals surface area (Å²) in [6, 6.07) is 1.54. The van der Waals surface area contributed by atoms with Crippen LogP contribution in [0.2, 0.25) is 5.02 Å². The summed E-state index contributed by atoms with van der Waals surface area (Å²) < 4.78 is 25.3. The van der Waals surface area contributed by atoms with Crippen LogP contribution < -0.4 is 0 Å². The van der Waals surface area contributed by atoms with Crippen LogP contribution in [0.25, 0.3) is 10.9 Å². The molecular weight excluding hydrogens is 289 g/mol. The summed E-state index contributed by atoms with van der Waals surface area (Å²) >= 11 is 8.91. The van der Waals surface area contributed by atoms with E-state index in [1.165, 1.54) is 12.4 Å². The smallest absolute Gasteiger partial charge is 0.264 e. The fraction of sp³-hybridized carbons (Fsp3) is 0.111. The Morgan fingerprint density at radius 1 is 1.40 bits per heavy atom. The van der Waals surface area contributed by atoms with Gasteiger partial charge in [0.15, 0.2) is 0 Å². The molecule has 15 heavy (non-hydrogen) atoms. The van der Waals surface area contributed by atoms with Gasteiger partial charge in [-0.1, -0.05) is 11.6 Å². The van der Waals surface area contributed by atoms with Gasteiger partial charge in [-0.15, -0.1) is 0 Å². The second-order valence-corrected chi connectivity index (χ2v) is 3.99. The van der Waals surface area contributed by atoms with Crippen molar-refractivity contribution in [2.75, 3.05) is 0 Å². The first-order valence-corrected chi connectivity index (χ1v) is 5.15. The van der Waals surface area contributed by atoms with E-state index in [9.17, 15) is 8.78 Å². The van der Waals surface area contributed by atoms with Crippen LogP contribution in [-0.2, 0) is 0 Å². The summed E-state index contributed by atoms with van der Waals surface area (Å²) in [5.74, 6) is 0. The lowest BCUT2D eigenvalue weighted by Gasteiger charge is -2.07. The number of alkyl halides is 2. The second kappa shape index (κ2) is 3.98. The van der Waals surface area contributed by atoms with E-state index in [1.807, 2.05) is 0 Å². The van der Waals surface area contributed by atoms with Crippen LogP contribution >= 0.6 is 27.5 Å². The standard InChI is InChI=1S/C9H4BrClF2N2/c10-6-7(11)4-3-14-2-1-5(4)15-8(6)9(12)13/h1-3,9H. The van der Waals surface area contributed by atoms with Crippen LogP contribution in [0.1, 0.15) is 12.1 Å². The van der Waals surface area contributed by atoms with Crippen molar-refractivity contribution in [1.82, 2.24) is 9.97 Å². The summed E-state index contributed by atoms with van der Waals surface area (Å²) in [6.45, 7) is 0. The van der Waals surface area contributed by atoms with Crippen LogP contribution in [0.3, 0.4) is 0 Å². The van der Waals surface area contributed by atoms with Crippen LogP contribution in [0.5, 0.6) is 0 Å². The van der Waals surface area contributed by atoms with E-state index in [0.29, 0.717) is 10.9 Å². The van der Waals surface area contributed by atoms with Crippen molar-refractivity contribution in [2.45, 2.75) is 6.43 Å². The van der Waals surface area contributed by atoms with Crippen LogP contribution in [-0.4, -0.2) is 9.97 Å². The van der Waals surface area contributed by atoms with Crippen LogP contribution in [0.4, 0.5) is 8.78 Å². The molecule has 78 valence electrons. The third-order valence-electron chi connectivity index (χ3n) is 1.90. The Balaban J connectivity index is 2.82. The molecule has 0 spiro atoms. The maximum Gasteiger partial charge on any atom is 0.281 e. The van der Waals surface area contributed by atoms with E-state index in [-0.39, 0.29) is 15.2 Å². The first-order valence-electron chi connectivity index (χ1n) is 3.98. The molecule has 0 saturated carbocycles. The molecule has 0 amide bonds. The van der Waals surface area contributed by atoms with Gasteiger partial charge in [0.05, 0.1) is 15.0 Å². The normalized spacial score (nSPS) is 11.3. The Morgan fingerprint density at radius 3 is 2.80 bits per heavy atom. The molecule has 2 nitrogen and oxygen atoms in total. The van der Waals surface area contributed by atoms with E-state index in [4.69, 9.17) is 11.6 Å². The number of halogens is 4. The summed E-state index contributed by atoms with van der Waals surface area (Å²) in [6.07, 6.45) is 0.314. The second-order valence-electron chi connectivity index (χ2n) is 2.82. The third kappa shape index (κ3) is 1.81. The van der Waals surface area contributed by atoms with Crippen molar-refractivity contribution in [2.24, 2.45) is 0 Å². The van der Waals surface area contributed by atoms with Crippen LogP contribution in [0, 0.1) is 0 Å². The average Bonchev–Trinajstić information content (AvgIpc) is 2.23. The highest BCUT2D eigenvalue weighted by Gasteiger charge is 2.18. The van der Waals surface area contributed by atoms with Gasteiger partial charge < -0.3 is 0 Å². The zero-order valence-corrected chi connectivity index (χ0v) is 9.56. The number of pyridine rings is 2. The molecule has 0 aliphatic carbocycles. The summed E-state index contributed by atoms with van der Waals surface area (Å²) in [5.41, 5.74) is 0.0622. The highest BCUT2D eigenvalue weighted by Crippen LogP contribution is 2.35. The van der Waals surface area contributed by atoms with Gasteiger partial charge in [0.1, 0.15) is 5.69 Å². The topological polar surface area (TPSA) is 25.8 Å². The molecule has 0 aliphatic rings. The number of aromatic nitrogens is 2. The Bertz CT molecular complexity index is 519. The lowest BCUT2D eigenvalue weighted by atomic mass is 10.2. The summed E-state index contributed by atoms with van der Waals surface area (Å²) in [5, 5.41) is 0.763. The van der Waals surface area contributed by atoms with Gasteiger partial charge in [0.25, 0.3) is 6.43 Å². The molecule has 0 unspecified atom stereocenters. The molecule has 2 aromatic rings. The van der Waals surface area contributed by atoms with Gasteiger partial charge in [-0.3, -0.25) is 4.98 Å². The van der Waals surface area contributed by atoms with Gasteiger partial charge in [-0.25, -0.2) is 13.8 Å². The van der Waals surface area contributed by atoms with Crippen molar-refractivity contribution in [3.05, 3.63) is 33.6 Å². The van der Waals surface area contributed by atoms with Gasteiger partial charge in [0.2, 0.25) is 0 Å². The fourth-order valence-electron chi connectivity index (χ4n) is 1.21. The first-order chi connectivity index (χ1) is 7.11. The zero-order chi connectivity index (χ0) is 11.0. The highest BCUT2D eigenvalue weighted by molar-refractivity contribution is 9.10. The summed E-state index contributed by atoms with van der Waals surface area (Å²) in [7, 11) is 0. The highest BCUT2D eigenvalue weighted by atomic mass is 79.9. The monoisotopic (exact) mass is 292 g/mol. The Kier molecular flexibility index (Phi) is 2.84. The number of rotatable bonds is 1. The number of nitrogens with zero attached hydrogens (tertiary/aromatic N) is 2. The van der Waals surface area contributed by atoms with E-state index < -0.39 is 6.43 Å². The van der Waals surface area contributed by atoms with Gasteiger partial charge in [-0.2, -0.15) is 0 Å². The number of hydrogen-bond donors (Lipinski definition) is 0. The minimum Gasteiger partial charge on any atom is -0.264 e. The van der Waals surface area contributed by atoms with E-state index >= 15 is 0 Å². The van der Waals surface area contributed by atoms with Crippen LogP contribution in [0.15, 0.2) is 22.9 Å². The molecule has 0 fully saturated rings. The lowest BCUT2D eigenvalue weighted by molar-refractivity contribution is 0.145. The third-order valence-corrected chi connectivity index (χ3v) is 3.32. The molecule has 2 aromatic heterocycles. The molecule has 6 heteroatoms. The average molecular weight is 293 g/mol. The molecular formula is C9H4BrClF2N2. The first kappa shape index (κ1) is 10.7. The predicted molar refractivity (Wildman–Crippen MR) is 57.2 cm³/mol. The quantitative estimate of drug-likeness (QED) is 0.794. The molecule has 0 aromatic carbocycles. The SMILES string of the molecule is FC(F)c1nc2ccncc2c(Cl)c1Br. The van der Waals surface area contributed by atoms with Crippen molar-refractivity contribution < 1.29 is 8.78 Å². The van der Waals surface area contributed by atoms with Crippen molar-refractivity contribution >= 4 is 38.4 Å². The van der Waals surface area contributed by atoms with Gasteiger partial charge >= 0.3 is 0 Å². The molecule has 0 radical (unpaired) electrons. The maximum absolute atomic E-state index is 12.6. The Morgan fingerprint density at radius 2 is 2.13 bits per heavy atom. The zero-order valence-electron chi connectivity index (χ0n) is 7.22. The van der Waals surface area contributed by atoms with E-state index in [1.54, 1.807) is 6.07 Å². The molecule has 0 atom stereocenters. The van der Waals surface area contributed by atoms with Crippen molar-refractivity contribution in [3.8, 4) is 0 Å². The largest absolute Gasteiger partial charge is 0.281 e. The molecule has 2 heterocycles. The van der Waals surface area contributed by atoms with Gasteiger partial charge in [-0.05, 0) is 22.0 Å². The number of fused-ring (bicyclic) bond motifs is 1. The summed E-state index contributed by atoms with van der Waals surface area (Å²) in [4.78, 5) is 7.67. The number of hydrogen-bond acceptors (Lipinski definition) is 2. The molecule has 0 saturated heterocycles. The molecule has 0 bridgehead atoms. The Hall–Kier alpha value is -0.810. The maximum atomic E-state index is 12.6.